The predicted octanol–water partition coefficient (Wildman–Crippen LogP) is 4.29. The molecule has 1 aliphatic carbocycles. The minimum Gasteiger partial charge on any atom is -0.495 e. The van der Waals surface area contributed by atoms with Crippen LogP contribution in [0.3, 0.4) is 0 Å². The van der Waals surface area contributed by atoms with Crippen LogP contribution in [0.15, 0.2) is 21.0 Å². The van der Waals surface area contributed by atoms with E-state index < -0.39 is 34.2 Å². The Labute approximate surface area is 215 Å². The molecule has 1 aromatic heterocycles. The third-order valence-corrected chi connectivity index (χ3v) is 6.22. The van der Waals surface area contributed by atoms with Gasteiger partial charge in [-0.1, -0.05) is 33.6 Å². The fraction of sp³-hybridized carbons (Fsp3) is 0.654. The Bertz CT molecular complexity index is 1060. The molecule has 37 heavy (non-hydrogen) atoms. The third kappa shape index (κ3) is 7.44. The Kier molecular flexibility index (Phi) is 10.1. The molecule has 1 unspecified atom stereocenters. The summed E-state index contributed by atoms with van der Waals surface area (Å²) in [6, 6.07) is 0.521. The second-order valence-corrected chi connectivity index (χ2v) is 10.1. The van der Waals surface area contributed by atoms with Crippen molar-refractivity contribution in [2.45, 2.75) is 78.4 Å². The first-order valence-electron chi connectivity index (χ1n) is 12.4. The highest BCUT2D eigenvalue weighted by molar-refractivity contribution is 5.92. The summed E-state index contributed by atoms with van der Waals surface area (Å²) in [5, 5.41) is 0. The molecule has 1 atom stereocenters. The number of hydrogen-bond acceptors (Lipinski definition) is 7. The van der Waals surface area contributed by atoms with Gasteiger partial charge in [0.2, 0.25) is 12.3 Å². The summed E-state index contributed by atoms with van der Waals surface area (Å²) in [7, 11) is 0. The van der Waals surface area contributed by atoms with Gasteiger partial charge in [0.1, 0.15) is 18.1 Å². The topological polar surface area (TPSA) is 112 Å². The lowest BCUT2D eigenvalue weighted by atomic mass is 9.70. The van der Waals surface area contributed by atoms with Gasteiger partial charge in [-0.05, 0) is 33.1 Å². The SMILES string of the molecule is CCCC1=C(OCCOCCN(C=O)C(=O)C(C)(C)N)C(C)(CCC)Cc2c(C(F)(F)F)cc(=O)oc21. The predicted molar refractivity (Wildman–Crippen MR) is 131 cm³/mol. The number of amides is 2. The monoisotopic (exact) mass is 530 g/mol. The molecule has 11 heteroatoms. The Hall–Kier alpha value is -2.66. The van der Waals surface area contributed by atoms with Gasteiger partial charge in [0, 0.05) is 22.6 Å². The van der Waals surface area contributed by atoms with Gasteiger partial charge in [-0.25, -0.2) is 4.79 Å². The van der Waals surface area contributed by atoms with E-state index >= 15 is 0 Å². The van der Waals surface area contributed by atoms with Crippen LogP contribution >= 0.6 is 0 Å². The lowest BCUT2D eigenvalue weighted by Gasteiger charge is -2.38. The molecule has 0 saturated heterocycles. The summed E-state index contributed by atoms with van der Waals surface area (Å²) < 4.78 is 58.5. The number of carbonyl (C=O) groups excluding carboxylic acids is 2. The van der Waals surface area contributed by atoms with E-state index in [1.807, 2.05) is 20.8 Å². The summed E-state index contributed by atoms with van der Waals surface area (Å²) in [6.07, 6.45) is -2.02. The fourth-order valence-corrected chi connectivity index (χ4v) is 4.66. The molecule has 2 amide bonds. The van der Waals surface area contributed by atoms with Gasteiger partial charge in [-0.15, -0.1) is 0 Å². The van der Waals surface area contributed by atoms with Crippen molar-refractivity contribution in [3.05, 3.63) is 39.1 Å². The summed E-state index contributed by atoms with van der Waals surface area (Å²) in [5.41, 5.74) is 2.23. The Morgan fingerprint density at radius 3 is 2.43 bits per heavy atom. The van der Waals surface area contributed by atoms with Crippen molar-refractivity contribution in [3.63, 3.8) is 0 Å². The van der Waals surface area contributed by atoms with E-state index in [4.69, 9.17) is 19.6 Å². The lowest BCUT2D eigenvalue weighted by molar-refractivity contribution is -0.142. The smallest absolute Gasteiger partial charge is 0.417 e. The maximum atomic E-state index is 13.8. The first kappa shape index (κ1) is 30.6. The Morgan fingerprint density at radius 1 is 1.22 bits per heavy atom. The lowest BCUT2D eigenvalue weighted by Crippen LogP contribution is -2.51. The van der Waals surface area contributed by atoms with Crippen molar-refractivity contribution in [3.8, 4) is 0 Å². The summed E-state index contributed by atoms with van der Waals surface area (Å²) in [6.45, 7) is 8.94. The van der Waals surface area contributed by atoms with Gasteiger partial charge in [0.05, 0.1) is 30.9 Å². The van der Waals surface area contributed by atoms with Crippen molar-refractivity contribution >= 4 is 17.9 Å². The third-order valence-electron chi connectivity index (χ3n) is 6.22. The van der Waals surface area contributed by atoms with E-state index in [1.165, 1.54) is 13.8 Å². The minimum atomic E-state index is -4.69. The van der Waals surface area contributed by atoms with Crippen LogP contribution in [-0.4, -0.2) is 49.1 Å². The molecule has 2 N–H and O–H groups in total. The number of hydrogen-bond donors (Lipinski definition) is 1. The molecule has 0 saturated carbocycles. The maximum Gasteiger partial charge on any atom is 0.417 e. The highest BCUT2D eigenvalue weighted by Crippen LogP contribution is 2.49. The average molecular weight is 531 g/mol. The van der Waals surface area contributed by atoms with Crippen molar-refractivity contribution in [2.75, 3.05) is 26.4 Å². The van der Waals surface area contributed by atoms with Gasteiger partial charge in [-0.3, -0.25) is 14.5 Å². The largest absolute Gasteiger partial charge is 0.495 e. The van der Waals surface area contributed by atoms with Crippen LogP contribution in [-0.2, 0) is 31.7 Å². The van der Waals surface area contributed by atoms with Crippen molar-refractivity contribution < 1.29 is 36.7 Å². The van der Waals surface area contributed by atoms with E-state index in [-0.39, 0.29) is 44.1 Å². The number of alkyl halides is 3. The first-order valence-corrected chi connectivity index (χ1v) is 12.4. The summed E-state index contributed by atoms with van der Waals surface area (Å²) in [5.74, 6) is -0.0901. The molecule has 1 heterocycles. The zero-order chi connectivity index (χ0) is 28.0. The van der Waals surface area contributed by atoms with Crippen molar-refractivity contribution in [1.82, 2.24) is 4.90 Å². The minimum absolute atomic E-state index is 0.0129. The molecule has 0 radical (unpaired) electrons. The number of ether oxygens (including phenoxy) is 2. The van der Waals surface area contributed by atoms with E-state index in [2.05, 4.69) is 0 Å². The number of nitrogens with zero attached hydrogens (tertiary/aromatic N) is 1. The van der Waals surface area contributed by atoms with Crippen molar-refractivity contribution in [1.29, 1.82) is 0 Å². The van der Waals surface area contributed by atoms with E-state index in [0.29, 0.717) is 49.5 Å². The zero-order valence-corrected chi connectivity index (χ0v) is 22.1. The van der Waals surface area contributed by atoms with Crippen LogP contribution in [0.5, 0.6) is 0 Å². The Morgan fingerprint density at radius 2 is 1.89 bits per heavy atom. The quantitative estimate of drug-likeness (QED) is 0.299. The molecular weight excluding hydrogens is 493 g/mol. The van der Waals surface area contributed by atoms with Gasteiger partial charge < -0.3 is 19.6 Å². The van der Waals surface area contributed by atoms with Crippen LogP contribution in [0.4, 0.5) is 13.2 Å². The number of imide groups is 1. The molecule has 1 aromatic rings. The van der Waals surface area contributed by atoms with Gasteiger partial charge >= 0.3 is 11.8 Å². The molecule has 208 valence electrons. The molecule has 0 aromatic carbocycles. The number of rotatable bonds is 13. The molecular formula is C26H37F3N2O6. The molecule has 0 spiro atoms. The maximum absolute atomic E-state index is 13.8. The second kappa shape index (κ2) is 12.3. The van der Waals surface area contributed by atoms with E-state index in [1.54, 1.807) is 0 Å². The van der Waals surface area contributed by atoms with E-state index in [9.17, 15) is 27.6 Å². The van der Waals surface area contributed by atoms with Crippen molar-refractivity contribution in [2.24, 2.45) is 11.1 Å². The van der Waals surface area contributed by atoms with Gasteiger partial charge in [0.15, 0.2) is 0 Å². The normalized spacial score (nSPS) is 18.0. The molecule has 0 bridgehead atoms. The number of allylic oxidation sites excluding steroid dienone is 2. The molecule has 0 aliphatic heterocycles. The molecule has 8 nitrogen and oxygen atoms in total. The highest BCUT2D eigenvalue weighted by atomic mass is 19.4. The molecule has 1 aliphatic rings. The standard InChI is InChI=1S/C26H37F3N2O6/c1-6-8-17-21-18(19(26(27,28)29)14-20(33)37-21)15-25(5,9-7-2)22(17)36-13-12-35-11-10-31(16-32)23(34)24(3,4)30/h14,16H,6-13,15,30H2,1-5H3. The molecule has 0 fully saturated rings. The number of fused-ring (bicyclic) bond motifs is 1. The molecule has 2 rings (SSSR count). The number of nitrogens with two attached hydrogens (primary N) is 1. The van der Waals surface area contributed by atoms with Crippen LogP contribution in [0, 0.1) is 5.41 Å². The average Bonchev–Trinajstić information content (AvgIpc) is 2.78. The van der Waals surface area contributed by atoms with Gasteiger partial charge in [-0.2, -0.15) is 13.2 Å². The van der Waals surface area contributed by atoms with Crippen LogP contribution in [0.2, 0.25) is 0 Å². The van der Waals surface area contributed by atoms with Gasteiger partial charge in [0.25, 0.3) is 0 Å². The first-order chi connectivity index (χ1) is 17.2. The number of halogens is 3. The zero-order valence-electron chi connectivity index (χ0n) is 22.1. The van der Waals surface area contributed by atoms with Crippen LogP contribution < -0.4 is 11.4 Å². The van der Waals surface area contributed by atoms with E-state index in [0.717, 1.165) is 4.90 Å². The fourth-order valence-electron chi connectivity index (χ4n) is 4.66. The summed E-state index contributed by atoms with van der Waals surface area (Å²) >= 11 is 0. The summed E-state index contributed by atoms with van der Waals surface area (Å²) in [4.78, 5) is 36.4. The van der Waals surface area contributed by atoms with Crippen LogP contribution in [0.25, 0.3) is 5.57 Å². The van der Waals surface area contributed by atoms with Crippen LogP contribution in [0.1, 0.15) is 77.2 Å². The number of carbonyl (C=O) groups is 2. The highest BCUT2D eigenvalue weighted by Gasteiger charge is 2.44. The second-order valence-electron chi connectivity index (χ2n) is 10.1. The Balaban J connectivity index is 2.26.